The Morgan fingerprint density at radius 3 is 2.08 bits per heavy atom. The smallest absolute Gasteiger partial charge is 0.212 e. The standard InChI is InChI=1S/C15H20F2N2O4S2/c1-24(20,21)19-7-3-5-15(19)4-2-6-18(11-15)25(22,23)14-9-12(16)8-13(17)10-14/h8-10H,2-7,11H2,1H3/t15-/m1/s1. The molecule has 2 aliphatic rings. The molecule has 1 atom stereocenters. The normalized spacial score (nSPS) is 26.4. The summed E-state index contributed by atoms with van der Waals surface area (Å²) in [7, 11) is -7.57. The van der Waals surface area contributed by atoms with E-state index in [9.17, 15) is 25.6 Å². The number of nitrogens with zero attached hydrogens (tertiary/aromatic N) is 2. The minimum atomic E-state index is -4.11. The lowest BCUT2D eigenvalue weighted by atomic mass is 9.89. The van der Waals surface area contributed by atoms with Crippen molar-refractivity contribution < 1.29 is 25.6 Å². The lowest BCUT2D eigenvalue weighted by Crippen LogP contribution is -2.58. The lowest BCUT2D eigenvalue weighted by Gasteiger charge is -2.44. The molecule has 0 saturated carbocycles. The first-order valence-electron chi connectivity index (χ1n) is 7.99. The van der Waals surface area contributed by atoms with Gasteiger partial charge in [-0.15, -0.1) is 0 Å². The predicted molar refractivity (Wildman–Crippen MR) is 87.9 cm³/mol. The molecule has 0 aromatic heterocycles. The first-order chi connectivity index (χ1) is 11.5. The number of rotatable bonds is 3. The van der Waals surface area contributed by atoms with Gasteiger partial charge >= 0.3 is 0 Å². The SMILES string of the molecule is CS(=O)(=O)N1CCC[C@@]12CCCN(S(=O)(=O)c1cc(F)cc(F)c1)C2. The van der Waals surface area contributed by atoms with E-state index in [1.54, 1.807) is 0 Å². The van der Waals surface area contributed by atoms with Crippen molar-refractivity contribution in [3.63, 3.8) is 0 Å². The van der Waals surface area contributed by atoms with E-state index in [0.717, 1.165) is 22.7 Å². The number of benzene rings is 1. The number of sulfonamides is 2. The summed E-state index contributed by atoms with van der Waals surface area (Å²) in [6.07, 6.45) is 3.42. The van der Waals surface area contributed by atoms with Crippen LogP contribution in [0, 0.1) is 11.6 Å². The summed E-state index contributed by atoms with van der Waals surface area (Å²) >= 11 is 0. The van der Waals surface area contributed by atoms with Gasteiger partial charge in [0, 0.05) is 31.2 Å². The van der Waals surface area contributed by atoms with Crippen LogP contribution in [0.15, 0.2) is 23.1 Å². The minimum Gasteiger partial charge on any atom is -0.212 e. The van der Waals surface area contributed by atoms with Crippen molar-refractivity contribution in [2.75, 3.05) is 25.9 Å². The van der Waals surface area contributed by atoms with E-state index >= 15 is 0 Å². The van der Waals surface area contributed by atoms with E-state index in [1.807, 2.05) is 0 Å². The summed E-state index contributed by atoms with van der Waals surface area (Å²) in [4.78, 5) is -0.453. The third kappa shape index (κ3) is 3.44. The van der Waals surface area contributed by atoms with E-state index < -0.39 is 42.1 Å². The molecule has 1 spiro atoms. The Morgan fingerprint density at radius 1 is 0.960 bits per heavy atom. The largest absolute Gasteiger partial charge is 0.243 e. The Bertz CT molecular complexity index is 869. The highest BCUT2D eigenvalue weighted by Crippen LogP contribution is 2.40. The van der Waals surface area contributed by atoms with Crippen molar-refractivity contribution in [2.45, 2.75) is 36.1 Å². The zero-order chi connectivity index (χ0) is 18.5. The van der Waals surface area contributed by atoms with Crippen LogP contribution in [0.4, 0.5) is 8.78 Å². The molecule has 0 radical (unpaired) electrons. The summed E-state index contributed by atoms with van der Waals surface area (Å²) in [5.41, 5.74) is -0.773. The van der Waals surface area contributed by atoms with E-state index in [2.05, 4.69) is 0 Å². The van der Waals surface area contributed by atoms with Crippen LogP contribution in [0.2, 0.25) is 0 Å². The predicted octanol–water partition coefficient (Wildman–Crippen LogP) is 1.54. The van der Waals surface area contributed by atoms with E-state index in [1.165, 1.54) is 4.31 Å². The molecule has 1 aromatic rings. The molecule has 25 heavy (non-hydrogen) atoms. The maximum absolute atomic E-state index is 13.4. The summed E-state index contributed by atoms with van der Waals surface area (Å²) in [5.74, 6) is -1.94. The van der Waals surface area contributed by atoms with Gasteiger partial charge in [0.15, 0.2) is 0 Å². The molecule has 140 valence electrons. The van der Waals surface area contributed by atoms with Gasteiger partial charge in [0.05, 0.1) is 11.2 Å². The quantitative estimate of drug-likeness (QED) is 0.780. The van der Waals surface area contributed by atoms with Gasteiger partial charge in [0.1, 0.15) is 11.6 Å². The molecule has 2 heterocycles. The fourth-order valence-corrected chi connectivity index (χ4v) is 6.95. The number of piperidine rings is 1. The van der Waals surface area contributed by atoms with Gasteiger partial charge < -0.3 is 0 Å². The van der Waals surface area contributed by atoms with Crippen LogP contribution in [-0.4, -0.2) is 56.9 Å². The number of halogens is 2. The van der Waals surface area contributed by atoms with Gasteiger partial charge in [-0.05, 0) is 37.8 Å². The van der Waals surface area contributed by atoms with Gasteiger partial charge in [-0.25, -0.2) is 25.6 Å². The van der Waals surface area contributed by atoms with E-state index in [-0.39, 0.29) is 13.1 Å². The zero-order valence-electron chi connectivity index (χ0n) is 13.8. The highest BCUT2D eigenvalue weighted by atomic mass is 32.2. The van der Waals surface area contributed by atoms with Crippen LogP contribution in [0.5, 0.6) is 0 Å². The van der Waals surface area contributed by atoms with Crippen LogP contribution in [0.25, 0.3) is 0 Å². The molecule has 0 aliphatic carbocycles. The van der Waals surface area contributed by atoms with Crippen LogP contribution < -0.4 is 0 Å². The fourth-order valence-electron chi connectivity index (χ4n) is 3.94. The maximum atomic E-state index is 13.4. The molecule has 2 aliphatic heterocycles. The topological polar surface area (TPSA) is 74.8 Å². The summed E-state index contributed by atoms with van der Waals surface area (Å²) in [6.45, 7) is 0.557. The fraction of sp³-hybridized carbons (Fsp3) is 0.600. The Hall–Kier alpha value is -1.10. The highest BCUT2D eigenvalue weighted by Gasteiger charge is 2.49. The van der Waals surface area contributed by atoms with Gasteiger partial charge in [0.25, 0.3) is 0 Å². The Morgan fingerprint density at radius 2 is 1.52 bits per heavy atom. The van der Waals surface area contributed by atoms with Crippen molar-refractivity contribution in [3.8, 4) is 0 Å². The molecule has 10 heteroatoms. The Balaban J connectivity index is 1.96. The first-order valence-corrected chi connectivity index (χ1v) is 11.3. The molecule has 0 unspecified atom stereocenters. The second kappa shape index (κ2) is 6.26. The zero-order valence-corrected chi connectivity index (χ0v) is 15.4. The molecule has 0 N–H and O–H groups in total. The van der Waals surface area contributed by atoms with E-state index in [4.69, 9.17) is 0 Å². The molecule has 2 fully saturated rings. The van der Waals surface area contributed by atoms with Gasteiger partial charge in [-0.3, -0.25) is 0 Å². The van der Waals surface area contributed by atoms with E-state index in [0.29, 0.717) is 38.3 Å². The summed E-state index contributed by atoms with van der Waals surface area (Å²) < 4.78 is 79.2. The molecular weight excluding hydrogens is 374 g/mol. The minimum absolute atomic E-state index is 0.000531. The van der Waals surface area contributed by atoms with Crippen molar-refractivity contribution in [3.05, 3.63) is 29.8 Å². The maximum Gasteiger partial charge on any atom is 0.243 e. The molecule has 6 nitrogen and oxygen atoms in total. The van der Waals surface area contributed by atoms with Gasteiger partial charge in [-0.1, -0.05) is 0 Å². The third-order valence-corrected chi connectivity index (χ3v) is 8.12. The van der Waals surface area contributed by atoms with Gasteiger partial charge in [0.2, 0.25) is 20.0 Å². The number of hydrogen-bond acceptors (Lipinski definition) is 4. The van der Waals surface area contributed by atoms with Crippen molar-refractivity contribution in [1.82, 2.24) is 8.61 Å². The van der Waals surface area contributed by atoms with Crippen molar-refractivity contribution >= 4 is 20.0 Å². The Labute approximate surface area is 146 Å². The monoisotopic (exact) mass is 394 g/mol. The Kier molecular flexibility index (Phi) is 4.68. The van der Waals surface area contributed by atoms with Crippen LogP contribution >= 0.6 is 0 Å². The lowest BCUT2D eigenvalue weighted by molar-refractivity contribution is 0.138. The summed E-state index contributed by atoms with van der Waals surface area (Å²) in [5, 5.41) is 0. The molecular formula is C15H20F2N2O4S2. The summed E-state index contributed by atoms with van der Waals surface area (Å²) in [6, 6.07) is 2.17. The van der Waals surface area contributed by atoms with Crippen LogP contribution in [-0.2, 0) is 20.0 Å². The average Bonchev–Trinajstić information content (AvgIpc) is 2.89. The highest BCUT2D eigenvalue weighted by molar-refractivity contribution is 7.89. The average molecular weight is 394 g/mol. The second-order valence-electron chi connectivity index (χ2n) is 6.71. The molecule has 0 amide bonds. The second-order valence-corrected chi connectivity index (χ2v) is 10.6. The molecule has 3 rings (SSSR count). The molecule has 2 saturated heterocycles. The van der Waals surface area contributed by atoms with Gasteiger partial charge in [-0.2, -0.15) is 8.61 Å². The molecule has 1 aromatic carbocycles. The first kappa shape index (κ1) is 18.7. The third-order valence-electron chi connectivity index (χ3n) is 4.93. The van der Waals surface area contributed by atoms with Crippen LogP contribution in [0.1, 0.15) is 25.7 Å². The van der Waals surface area contributed by atoms with Crippen molar-refractivity contribution in [1.29, 1.82) is 0 Å². The molecule has 0 bridgehead atoms. The van der Waals surface area contributed by atoms with Crippen molar-refractivity contribution in [2.24, 2.45) is 0 Å². The number of hydrogen-bond donors (Lipinski definition) is 0. The van der Waals surface area contributed by atoms with Crippen LogP contribution in [0.3, 0.4) is 0 Å².